The van der Waals surface area contributed by atoms with Crippen LogP contribution in [0.15, 0.2) is 13.2 Å². The first kappa shape index (κ1) is 12.7. The molecule has 0 aliphatic carbocycles. The summed E-state index contributed by atoms with van der Waals surface area (Å²) in [5.74, 6) is 1.00. The van der Waals surface area contributed by atoms with Gasteiger partial charge in [-0.1, -0.05) is 13.2 Å². The van der Waals surface area contributed by atoms with E-state index >= 15 is 0 Å². The molecule has 1 aromatic rings. The second-order valence-electron chi connectivity index (χ2n) is 3.53. The minimum Gasteiger partial charge on any atom is -0.330 e. The summed E-state index contributed by atoms with van der Waals surface area (Å²) in [4.78, 5) is 4.51. The molecule has 0 atom stereocenters. The fourth-order valence-corrected chi connectivity index (χ4v) is 1.69. The highest BCUT2D eigenvalue weighted by molar-refractivity contribution is 5.58. The number of hydrogen-bond donors (Lipinski definition) is 2. The molecule has 0 fully saturated rings. The van der Waals surface area contributed by atoms with Crippen molar-refractivity contribution < 1.29 is 0 Å². The molecule has 0 aliphatic rings. The summed E-state index contributed by atoms with van der Waals surface area (Å²) in [7, 11) is 1.91. The van der Waals surface area contributed by atoms with E-state index in [0.29, 0.717) is 6.54 Å². The van der Waals surface area contributed by atoms with Crippen molar-refractivity contribution >= 4 is 12.2 Å². The van der Waals surface area contributed by atoms with Crippen molar-refractivity contribution in [1.82, 2.24) is 14.9 Å². The van der Waals surface area contributed by atoms with Crippen molar-refractivity contribution in [2.45, 2.75) is 19.5 Å². The SMILES string of the molecule is C=Cc1nc(CNC)n(CCCN)c1C=C. The smallest absolute Gasteiger partial charge is 0.123 e. The van der Waals surface area contributed by atoms with Gasteiger partial charge in [0.15, 0.2) is 0 Å². The van der Waals surface area contributed by atoms with Gasteiger partial charge >= 0.3 is 0 Å². The van der Waals surface area contributed by atoms with Gasteiger partial charge in [0.1, 0.15) is 5.82 Å². The van der Waals surface area contributed by atoms with E-state index in [1.807, 2.05) is 13.1 Å². The average Bonchev–Trinajstić information content (AvgIpc) is 2.64. The molecule has 0 spiro atoms. The molecule has 1 aromatic heterocycles. The fourth-order valence-electron chi connectivity index (χ4n) is 1.69. The first-order chi connectivity index (χ1) is 7.78. The molecule has 0 aromatic carbocycles. The van der Waals surface area contributed by atoms with Crippen molar-refractivity contribution in [3.05, 3.63) is 30.4 Å². The van der Waals surface area contributed by atoms with Crippen LogP contribution in [0.4, 0.5) is 0 Å². The van der Waals surface area contributed by atoms with Crippen molar-refractivity contribution in [3.8, 4) is 0 Å². The van der Waals surface area contributed by atoms with Crippen LogP contribution in [0, 0.1) is 0 Å². The Balaban J connectivity index is 3.09. The second-order valence-corrected chi connectivity index (χ2v) is 3.53. The van der Waals surface area contributed by atoms with Gasteiger partial charge in [-0.05, 0) is 32.2 Å². The third kappa shape index (κ3) is 2.59. The van der Waals surface area contributed by atoms with E-state index in [2.05, 4.69) is 28.0 Å². The molecule has 0 saturated heterocycles. The van der Waals surface area contributed by atoms with Crippen LogP contribution in [0.2, 0.25) is 0 Å². The highest BCUT2D eigenvalue weighted by Gasteiger charge is 2.11. The Morgan fingerprint density at radius 2 is 2.19 bits per heavy atom. The molecule has 16 heavy (non-hydrogen) atoms. The van der Waals surface area contributed by atoms with Gasteiger partial charge in [-0.15, -0.1) is 0 Å². The standard InChI is InChI=1S/C12H20N4/c1-4-10-11(5-2)16(8-6-7-13)12(15-10)9-14-3/h4-5,14H,1-2,6-9,13H2,3H3. The molecule has 0 bridgehead atoms. The second kappa shape index (κ2) is 6.25. The molecular formula is C12H20N4. The van der Waals surface area contributed by atoms with E-state index in [1.54, 1.807) is 6.08 Å². The predicted molar refractivity (Wildman–Crippen MR) is 68.8 cm³/mol. The molecule has 0 unspecified atom stereocenters. The van der Waals surface area contributed by atoms with E-state index in [9.17, 15) is 0 Å². The fraction of sp³-hybridized carbons (Fsp3) is 0.417. The maximum absolute atomic E-state index is 5.54. The molecule has 1 rings (SSSR count). The third-order valence-corrected chi connectivity index (χ3v) is 2.42. The molecule has 1 heterocycles. The lowest BCUT2D eigenvalue weighted by Crippen LogP contribution is -2.15. The van der Waals surface area contributed by atoms with Crippen LogP contribution >= 0.6 is 0 Å². The molecule has 0 saturated carbocycles. The van der Waals surface area contributed by atoms with E-state index in [0.717, 1.165) is 36.7 Å². The zero-order valence-electron chi connectivity index (χ0n) is 9.87. The Morgan fingerprint density at radius 3 is 2.69 bits per heavy atom. The van der Waals surface area contributed by atoms with Crippen LogP contribution < -0.4 is 11.1 Å². The monoisotopic (exact) mass is 220 g/mol. The van der Waals surface area contributed by atoms with Gasteiger partial charge in [0.05, 0.1) is 17.9 Å². The van der Waals surface area contributed by atoms with Gasteiger partial charge in [-0.3, -0.25) is 0 Å². The number of nitrogens with one attached hydrogen (secondary N) is 1. The Bertz CT molecular complexity index is 365. The summed E-state index contributed by atoms with van der Waals surface area (Å²) in [5.41, 5.74) is 7.44. The minimum atomic E-state index is 0.678. The zero-order chi connectivity index (χ0) is 12.0. The zero-order valence-corrected chi connectivity index (χ0v) is 9.87. The normalized spacial score (nSPS) is 10.4. The largest absolute Gasteiger partial charge is 0.330 e. The average molecular weight is 220 g/mol. The van der Waals surface area contributed by atoms with Crippen LogP contribution in [-0.4, -0.2) is 23.1 Å². The van der Waals surface area contributed by atoms with Crippen molar-refractivity contribution in [2.24, 2.45) is 5.73 Å². The van der Waals surface area contributed by atoms with Gasteiger partial charge < -0.3 is 15.6 Å². The Hall–Kier alpha value is -1.39. The molecule has 4 heteroatoms. The highest BCUT2D eigenvalue weighted by Crippen LogP contribution is 2.15. The lowest BCUT2D eigenvalue weighted by Gasteiger charge is -2.09. The molecule has 88 valence electrons. The van der Waals surface area contributed by atoms with Crippen LogP contribution in [0.25, 0.3) is 12.2 Å². The van der Waals surface area contributed by atoms with Crippen molar-refractivity contribution in [2.75, 3.05) is 13.6 Å². The van der Waals surface area contributed by atoms with E-state index in [-0.39, 0.29) is 0 Å². The van der Waals surface area contributed by atoms with Gasteiger partial charge in [0, 0.05) is 6.54 Å². The number of imidazole rings is 1. The van der Waals surface area contributed by atoms with E-state index in [4.69, 9.17) is 5.73 Å². The number of rotatable bonds is 7. The topological polar surface area (TPSA) is 55.9 Å². The summed E-state index contributed by atoms with van der Waals surface area (Å²) in [6, 6.07) is 0. The summed E-state index contributed by atoms with van der Waals surface area (Å²) in [6.07, 6.45) is 4.51. The van der Waals surface area contributed by atoms with Gasteiger partial charge in [0.2, 0.25) is 0 Å². The first-order valence-electron chi connectivity index (χ1n) is 5.47. The van der Waals surface area contributed by atoms with Gasteiger partial charge in [-0.25, -0.2) is 4.98 Å². The number of hydrogen-bond acceptors (Lipinski definition) is 3. The minimum absolute atomic E-state index is 0.678. The summed E-state index contributed by atoms with van der Waals surface area (Å²) >= 11 is 0. The quantitative estimate of drug-likeness (QED) is 0.727. The summed E-state index contributed by atoms with van der Waals surface area (Å²) < 4.78 is 2.15. The van der Waals surface area contributed by atoms with Crippen LogP contribution in [0.5, 0.6) is 0 Å². The molecule has 0 aliphatic heterocycles. The lowest BCUT2D eigenvalue weighted by atomic mass is 10.3. The molecule has 4 nitrogen and oxygen atoms in total. The van der Waals surface area contributed by atoms with Crippen molar-refractivity contribution in [1.29, 1.82) is 0 Å². The van der Waals surface area contributed by atoms with Gasteiger partial charge in [0.25, 0.3) is 0 Å². The third-order valence-electron chi connectivity index (χ3n) is 2.42. The highest BCUT2D eigenvalue weighted by atomic mass is 15.1. The molecule has 0 radical (unpaired) electrons. The Morgan fingerprint density at radius 1 is 1.44 bits per heavy atom. The van der Waals surface area contributed by atoms with E-state index < -0.39 is 0 Å². The maximum atomic E-state index is 5.54. The lowest BCUT2D eigenvalue weighted by molar-refractivity contribution is 0.596. The van der Waals surface area contributed by atoms with Crippen LogP contribution in [0.3, 0.4) is 0 Å². The van der Waals surface area contributed by atoms with Crippen LogP contribution in [-0.2, 0) is 13.1 Å². The number of nitrogens with two attached hydrogens (primary N) is 1. The van der Waals surface area contributed by atoms with Crippen molar-refractivity contribution in [3.63, 3.8) is 0 Å². The summed E-state index contributed by atoms with van der Waals surface area (Å²) in [5, 5.41) is 3.11. The molecular weight excluding hydrogens is 200 g/mol. The number of aromatic nitrogens is 2. The Labute approximate surface area is 96.9 Å². The van der Waals surface area contributed by atoms with Gasteiger partial charge in [-0.2, -0.15) is 0 Å². The Kier molecular flexibility index (Phi) is 4.95. The number of nitrogens with zero attached hydrogens (tertiary/aromatic N) is 2. The van der Waals surface area contributed by atoms with Crippen LogP contribution in [0.1, 0.15) is 23.6 Å². The first-order valence-corrected chi connectivity index (χ1v) is 5.47. The molecule has 0 amide bonds. The maximum Gasteiger partial charge on any atom is 0.123 e. The summed E-state index contributed by atoms with van der Waals surface area (Å²) in [6.45, 7) is 9.87. The van der Waals surface area contributed by atoms with E-state index in [1.165, 1.54) is 0 Å². The molecule has 3 N–H and O–H groups in total. The predicted octanol–water partition coefficient (Wildman–Crippen LogP) is 1.24.